The summed E-state index contributed by atoms with van der Waals surface area (Å²) in [4.78, 5) is 27.6. The van der Waals surface area contributed by atoms with E-state index in [0.29, 0.717) is 33.4 Å². The fourth-order valence-corrected chi connectivity index (χ4v) is 4.95. The van der Waals surface area contributed by atoms with Crippen molar-refractivity contribution in [1.29, 1.82) is 0 Å². The Kier molecular flexibility index (Phi) is 5.13. The molecule has 3 heterocycles. The summed E-state index contributed by atoms with van der Waals surface area (Å²) >= 11 is 1.21. The summed E-state index contributed by atoms with van der Waals surface area (Å²) in [7, 11) is 1.56. The van der Waals surface area contributed by atoms with Crippen LogP contribution in [-0.2, 0) is 16.0 Å². The number of Topliss-reactive ketones (excluding diaryl/α,β-unsaturated/α-hetero) is 1. The van der Waals surface area contributed by atoms with Crippen molar-refractivity contribution in [1.82, 2.24) is 10.2 Å². The number of fused-ring (bicyclic) bond motifs is 1. The van der Waals surface area contributed by atoms with E-state index in [-0.39, 0.29) is 17.4 Å². The molecule has 2 unspecified atom stereocenters. The predicted octanol–water partition coefficient (Wildman–Crippen LogP) is 3.80. The number of amides is 1. The molecule has 1 fully saturated rings. The molecule has 9 heteroatoms. The number of aliphatic hydroxyl groups excluding tert-OH is 1. The number of hydrogen-bond donors (Lipinski definition) is 1. The number of ketones is 1. The van der Waals surface area contributed by atoms with Gasteiger partial charge in [-0.15, -0.1) is 10.2 Å². The van der Waals surface area contributed by atoms with Crippen LogP contribution < -0.4 is 14.4 Å². The Balaban J connectivity index is 1.67. The fourth-order valence-electron chi connectivity index (χ4n) is 4.24. The molecule has 0 bridgehead atoms. The lowest BCUT2D eigenvalue weighted by molar-refractivity contribution is -0.132. The summed E-state index contributed by atoms with van der Waals surface area (Å²) in [6, 6.07) is 11.4. The van der Waals surface area contributed by atoms with E-state index in [1.165, 1.54) is 16.2 Å². The van der Waals surface area contributed by atoms with E-state index in [1.807, 2.05) is 13.0 Å². The third-order valence-electron chi connectivity index (χ3n) is 5.77. The van der Waals surface area contributed by atoms with Crippen LogP contribution in [0.3, 0.4) is 0 Å². The number of benzene rings is 2. The zero-order chi connectivity index (χ0) is 23.3. The van der Waals surface area contributed by atoms with Crippen molar-refractivity contribution in [3.05, 3.63) is 69.7 Å². The first kappa shape index (κ1) is 21.1. The van der Waals surface area contributed by atoms with Gasteiger partial charge in [-0.3, -0.25) is 14.5 Å². The molecule has 1 N–H and O–H groups in total. The van der Waals surface area contributed by atoms with Crippen LogP contribution in [0.15, 0.2) is 48.0 Å². The number of carbonyl (C=O) groups is 2. The molecular formula is C24H21N3O5S. The second kappa shape index (κ2) is 8.00. The summed E-state index contributed by atoms with van der Waals surface area (Å²) in [5.74, 6) is -0.371. The molecule has 0 radical (unpaired) electrons. The van der Waals surface area contributed by atoms with E-state index < -0.39 is 17.7 Å². The second-order valence-corrected chi connectivity index (χ2v) is 9.16. The molecule has 0 spiro atoms. The Morgan fingerprint density at radius 2 is 1.94 bits per heavy atom. The lowest BCUT2D eigenvalue weighted by Crippen LogP contribution is -2.29. The van der Waals surface area contributed by atoms with Gasteiger partial charge in [-0.05, 0) is 55.3 Å². The number of carbonyl (C=O) groups excluding carboxylic acids is 2. The van der Waals surface area contributed by atoms with Gasteiger partial charge in [0, 0.05) is 12.0 Å². The third-order valence-corrected chi connectivity index (χ3v) is 6.60. The number of aryl methyl sites for hydroxylation is 1. The highest BCUT2D eigenvalue weighted by Gasteiger charge is 2.48. The van der Waals surface area contributed by atoms with Gasteiger partial charge in [0.15, 0.2) is 0 Å². The van der Waals surface area contributed by atoms with Gasteiger partial charge in [-0.2, -0.15) is 0 Å². The summed E-state index contributed by atoms with van der Waals surface area (Å²) in [5, 5.41) is 20.3. The molecule has 3 aromatic rings. The highest BCUT2D eigenvalue weighted by Crippen LogP contribution is 2.43. The maximum Gasteiger partial charge on any atom is 0.301 e. The molecule has 8 nitrogen and oxygen atoms in total. The topological polar surface area (TPSA) is 102 Å². The van der Waals surface area contributed by atoms with Crippen LogP contribution in [0.1, 0.15) is 34.7 Å². The highest BCUT2D eigenvalue weighted by atomic mass is 32.1. The molecule has 2 aromatic carbocycles. The molecule has 2 aliphatic heterocycles. The number of methoxy groups -OCH3 is 1. The smallest absolute Gasteiger partial charge is 0.301 e. The summed E-state index contributed by atoms with van der Waals surface area (Å²) in [5.41, 5.74) is 2.05. The van der Waals surface area contributed by atoms with Crippen molar-refractivity contribution in [2.45, 2.75) is 32.4 Å². The average molecular weight is 464 g/mol. The van der Waals surface area contributed by atoms with E-state index in [0.717, 1.165) is 11.3 Å². The molecule has 5 rings (SSSR count). The van der Waals surface area contributed by atoms with Gasteiger partial charge in [0.1, 0.15) is 28.4 Å². The number of rotatable bonds is 4. The second-order valence-electron chi connectivity index (χ2n) is 8.00. The number of nitrogens with zero attached hydrogens (tertiary/aromatic N) is 3. The van der Waals surface area contributed by atoms with E-state index in [4.69, 9.17) is 9.47 Å². The van der Waals surface area contributed by atoms with Gasteiger partial charge in [0.25, 0.3) is 5.78 Å². The van der Waals surface area contributed by atoms with Gasteiger partial charge in [0.2, 0.25) is 5.13 Å². The highest BCUT2D eigenvalue weighted by molar-refractivity contribution is 7.15. The Morgan fingerprint density at radius 3 is 2.61 bits per heavy atom. The summed E-state index contributed by atoms with van der Waals surface area (Å²) < 4.78 is 11.0. The average Bonchev–Trinajstić information content (AvgIpc) is 3.48. The van der Waals surface area contributed by atoms with E-state index >= 15 is 0 Å². The molecule has 168 valence electrons. The van der Waals surface area contributed by atoms with E-state index in [1.54, 1.807) is 50.4 Å². The number of hydrogen-bond acceptors (Lipinski definition) is 8. The van der Waals surface area contributed by atoms with E-state index in [9.17, 15) is 14.7 Å². The van der Waals surface area contributed by atoms with Crippen LogP contribution in [0.25, 0.3) is 5.76 Å². The molecule has 33 heavy (non-hydrogen) atoms. The minimum Gasteiger partial charge on any atom is -0.507 e. The first-order valence-corrected chi connectivity index (χ1v) is 11.2. The minimum atomic E-state index is -0.855. The molecule has 1 aromatic heterocycles. The van der Waals surface area contributed by atoms with Crippen LogP contribution in [-0.4, -0.2) is 40.2 Å². The Morgan fingerprint density at radius 1 is 1.18 bits per heavy atom. The number of anilines is 1. The third kappa shape index (κ3) is 3.54. The summed E-state index contributed by atoms with van der Waals surface area (Å²) in [6.45, 7) is 3.74. The van der Waals surface area contributed by atoms with Crippen molar-refractivity contribution < 1.29 is 24.2 Å². The zero-order valence-corrected chi connectivity index (χ0v) is 19.0. The standard InChI is InChI=1S/C24H21N3O5S/c1-12-10-16-11-15(6-9-18(16)32-12)21(28)19-20(14-4-7-17(31-3)8-5-14)27(23(30)22(19)29)24-26-25-13(2)33-24/h4-9,11-12,20,28H,10H2,1-3H3/b21-19-. The lowest BCUT2D eigenvalue weighted by atomic mass is 9.94. The van der Waals surface area contributed by atoms with Gasteiger partial charge >= 0.3 is 5.91 Å². The maximum atomic E-state index is 13.2. The SMILES string of the molecule is COc1ccc(C2/C(=C(/O)c3ccc4c(c3)CC(C)O4)C(=O)C(=O)N2c2nnc(C)s2)cc1. The van der Waals surface area contributed by atoms with Crippen molar-refractivity contribution in [3.63, 3.8) is 0 Å². The van der Waals surface area contributed by atoms with Crippen molar-refractivity contribution >= 4 is 33.9 Å². The molecule has 1 saturated heterocycles. The number of aromatic nitrogens is 2. The van der Waals surface area contributed by atoms with E-state index in [2.05, 4.69) is 10.2 Å². The van der Waals surface area contributed by atoms with Crippen LogP contribution >= 0.6 is 11.3 Å². The molecular weight excluding hydrogens is 442 g/mol. The van der Waals surface area contributed by atoms with Crippen molar-refractivity contribution in [2.75, 3.05) is 12.0 Å². The molecule has 1 amide bonds. The predicted molar refractivity (Wildman–Crippen MR) is 123 cm³/mol. The van der Waals surface area contributed by atoms with Crippen LogP contribution in [0.5, 0.6) is 11.5 Å². The van der Waals surface area contributed by atoms with Gasteiger partial charge < -0.3 is 14.6 Å². The number of aliphatic hydroxyl groups is 1. The van der Waals surface area contributed by atoms with Crippen LogP contribution in [0.2, 0.25) is 0 Å². The minimum absolute atomic E-state index is 0.00457. The van der Waals surface area contributed by atoms with Crippen LogP contribution in [0.4, 0.5) is 5.13 Å². The fraction of sp³-hybridized carbons (Fsp3) is 0.250. The number of ether oxygens (including phenoxy) is 2. The maximum absolute atomic E-state index is 13.2. The lowest BCUT2D eigenvalue weighted by Gasteiger charge is -2.22. The molecule has 0 aliphatic carbocycles. The Hall–Kier alpha value is -3.72. The van der Waals surface area contributed by atoms with Gasteiger partial charge in [-0.1, -0.05) is 23.5 Å². The molecule has 2 atom stereocenters. The van der Waals surface area contributed by atoms with Crippen LogP contribution in [0, 0.1) is 6.92 Å². The van der Waals surface area contributed by atoms with Crippen molar-refractivity contribution in [2.24, 2.45) is 0 Å². The Bertz CT molecular complexity index is 1300. The van der Waals surface area contributed by atoms with Gasteiger partial charge in [0.05, 0.1) is 18.7 Å². The monoisotopic (exact) mass is 463 g/mol. The summed E-state index contributed by atoms with van der Waals surface area (Å²) in [6.07, 6.45) is 0.749. The molecule has 2 aliphatic rings. The molecule has 0 saturated carbocycles. The zero-order valence-electron chi connectivity index (χ0n) is 18.2. The normalized spacial score (nSPS) is 21.2. The quantitative estimate of drug-likeness (QED) is 0.357. The van der Waals surface area contributed by atoms with Gasteiger partial charge in [-0.25, -0.2) is 0 Å². The first-order valence-electron chi connectivity index (χ1n) is 10.4. The Labute approximate surface area is 194 Å². The van der Waals surface area contributed by atoms with Crippen molar-refractivity contribution in [3.8, 4) is 11.5 Å². The first-order chi connectivity index (χ1) is 15.9. The largest absolute Gasteiger partial charge is 0.507 e.